The fourth-order valence-corrected chi connectivity index (χ4v) is 3.68. The van der Waals surface area contributed by atoms with Gasteiger partial charge in [0.15, 0.2) is 0 Å². The Hall–Kier alpha value is -0.970. The summed E-state index contributed by atoms with van der Waals surface area (Å²) in [7, 11) is 0. The Balaban J connectivity index is 1.91. The van der Waals surface area contributed by atoms with Crippen LogP contribution in [0.4, 0.5) is 0 Å². The van der Waals surface area contributed by atoms with Crippen molar-refractivity contribution >= 4 is 21.6 Å². The molecule has 2 rings (SSSR count). The Morgan fingerprint density at radius 1 is 1.10 bits per heavy atom. The highest BCUT2D eigenvalue weighted by atomic mass is 32.1. The van der Waals surface area contributed by atoms with Gasteiger partial charge in [-0.2, -0.15) is 0 Å². The molecule has 0 spiro atoms. The van der Waals surface area contributed by atoms with Gasteiger partial charge in [-0.05, 0) is 46.8 Å². The number of fused-ring (bicyclic) bond motifs is 1. The quantitative estimate of drug-likeness (QED) is 0.836. The van der Waals surface area contributed by atoms with Gasteiger partial charge in [-0.1, -0.05) is 12.1 Å². The van der Waals surface area contributed by atoms with Gasteiger partial charge in [0, 0.05) is 25.2 Å². The summed E-state index contributed by atoms with van der Waals surface area (Å²) >= 11 is 1.79. The molecule has 0 bridgehead atoms. The van der Waals surface area contributed by atoms with Crippen molar-refractivity contribution in [1.82, 2.24) is 15.2 Å². The molecule has 0 saturated carbocycles. The molecule has 0 aliphatic heterocycles. The van der Waals surface area contributed by atoms with Crippen LogP contribution in [0, 0.1) is 0 Å². The molecule has 21 heavy (non-hydrogen) atoms. The molecule has 0 saturated heterocycles. The Morgan fingerprint density at radius 3 is 2.38 bits per heavy atom. The molecule has 0 aliphatic rings. The molecule has 1 aromatic heterocycles. The third kappa shape index (κ3) is 4.25. The normalized spacial score (nSPS) is 13.7. The van der Waals surface area contributed by atoms with E-state index in [0.29, 0.717) is 18.1 Å². The van der Waals surface area contributed by atoms with Gasteiger partial charge in [-0.3, -0.25) is 4.90 Å². The number of hydrogen-bond donors (Lipinski definition) is 1. The summed E-state index contributed by atoms with van der Waals surface area (Å²) in [4.78, 5) is 7.24. The predicted octanol–water partition coefficient (Wildman–Crippen LogP) is 4.07. The Morgan fingerprint density at radius 2 is 1.76 bits per heavy atom. The smallest absolute Gasteiger partial charge is 0.111 e. The number of rotatable bonds is 7. The van der Waals surface area contributed by atoms with E-state index in [0.717, 1.165) is 18.6 Å². The molecule has 0 amide bonds. The van der Waals surface area contributed by atoms with E-state index in [-0.39, 0.29) is 0 Å². The molecule has 116 valence electrons. The van der Waals surface area contributed by atoms with Crippen molar-refractivity contribution < 1.29 is 0 Å². The van der Waals surface area contributed by atoms with Crippen LogP contribution in [-0.2, 0) is 0 Å². The van der Waals surface area contributed by atoms with E-state index in [1.807, 2.05) is 6.07 Å². The first-order valence-corrected chi connectivity index (χ1v) is 8.65. The maximum atomic E-state index is 4.72. The van der Waals surface area contributed by atoms with Crippen molar-refractivity contribution in [3.8, 4) is 0 Å². The van der Waals surface area contributed by atoms with Gasteiger partial charge < -0.3 is 5.32 Å². The van der Waals surface area contributed by atoms with E-state index < -0.39 is 0 Å². The van der Waals surface area contributed by atoms with E-state index in [1.54, 1.807) is 11.3 Å². The molecule has 0 fully saturated rings. The summed E-state index contributed by atoms with van der Waals surface area (Å²) in [6.07, 6.45) is 0. The van der Waals surface area contributed by atoms with E-state index in [1.165, 1.54) is 9.71 Å². The van der Waals surface area contributed by atoms with Crippen molar-refractivity contribution in [3.05, 3.63) is 29.3 Å². The average molecular weight is 305 g/mol. The second kappa shape index (κ2) is 7.34. The van der Waals surface area contributed by atoms with Crippen LogP contribution < -0.4 is 5.32 Å². The second-order valence-electron chi connectivity index (χ2n) is 6.12. The van der Waals surface area contributed by atoms with Gasteiger partial charge >= 0.3 is 0 Å². The molecule has 4 heteroatoms. The highest BCUT2D eigenvalue weighted by Crippen LogP contribution is 2.25. The van der Waals surface area contributed by atoms with Crippen LogP contribution in [0.25, 0.3) is 10.2 Å². The van der Waals surface area contributed by atoms with Crippen molar-refractivity contribution in [3.63, 3.8) is 0 Å². The minimum absolute atomic E-state index is 0.309. The van der Waals surface area contributed by atoms with Crippen molar-refractivity contribution in [2.24, 2.45) is 0 Å². The molecule has 1 aromatic carbocycles. The van der Waals surface area contributed by atoms with Crippen LogP contribution in [0.2, 0.25) is 0 Å². The number of nitrogens with zero attached hydrogens (tertiary/aromatic N) is 2. The summed E-state index contributed by atoms with van der Waals surface area (Å²) in [5, 5.41) is 4.78. The number of thiazole rings is 1. The van der Waals surface area contributed by atoms with E-state index >= 15 is 0 Å². The van der Waals surface area contributed by atoms with Crippen LogP contribution in [0.5, 0.6) is 0 Å². The summed E-state index contributed by atoms with van der Waals surface area (Å²) < 4.78 is 1.27. The summed E-state index contributed by atoms with van der Waals surface area (Å²) in [6, 6.07) is 9.83. The SMILES string of the molecule is CC(NCCN(C(C)C)C(C)C)c1nc2ccccc2s1. The number of benzene rings is 1. The van der Waals surface area contributed by atoms with Gasteiger partial charge in [0.2, 0.25) is 0 Å². The van der Waals surface area contributed by atoms with Crippen LogP contribution in [-0.4, -0.2) is 35.1 Å². The molecule has 1 atom stereocenters. The van der Waals surface area contributed by atoms with E-state index in [4.69, 9.17) is 4.98 Å². The van der Waals surface area contributed by atoms with Crippen molar-refractivity contribution in [1.29, 1.82) is 0 Å². The van der Waals surface area contributed by atoms with Crippen LogP contribution in [0.1, 0.15) is 45.7 Å². The fraction of sp³-hybridized carbons (Fsp3) is 0.588. The topological polar surface area (TPSA) is 28.2 Å². The van der Waals surface area contributed by atoms with Crippen molar-refractivity contribution in [2.75, 3.05) is 13.1 Å². The Kier molecular flexibility index (Phi) is 5.73. The number of hydrogen-bond acceptors (Lipinski definition) is 4. The number of aromatic nitrogens is 1. The Labute approximate surface area is 132 Å². The third-order valence-electron chi connectivity index (χ3n) is 3.83. The van der Waals surface area contributed by atoms with Crippen LogP contribution in [0.3, 0.4) is 0 Å². The van der Waals surface area contributed by atoms with E-state index in [2.05, 4.69) is 63.0 Å². The zero-order valence-electron chi connectivity index (χ0n) is 13.8. The average Bonchev–Trinajstić information content (AvgIpc) is 2.86. The van der Waals surface area contributed by atoms with E-state index in [9.17, 15) is 0 Å². The molecular weight excluding hydrogens is 278 g/mol. The lowest BCUT2D eigenvalue weighted by molar-refractivity contribution is 0.174. The largest absolute Gasteiger partial charge is 0.307 e. The molecule has 0 radical (unpaired) electrons. The predicted molar refractivity (Wildman–Crippen MR) is 93.0 cm³/mol. The minimum Gasteiger partial charge on any atom is -0.307 e. The van der Waals surface area contributed by atoms with Crippen LogP contribution >= 0.6 is 11.3 Å². The van der Waals surface area contributed by atoms with Crippen molar-refractivity contribution in [2.45, 2.75) is 52.7 Å². The zero-order valence-corrected chi connectivity index (χ0v) is 14.6. The molecule has 0 aliphatic carbocycles. The highest BCUT2D eigenvalue weighted by Gasteiger charge is 2.14. The third-order valence-corrected chi connectivity index (χ3v) is 5.05. The zero-order chi connectivity index (χ0) is 15.4. The molecule has 3 nitrogen and oxygen atoms in total. The summed E-state index contributed by atoms with van der Waals surface area (Å²) in [5.74, 6) is 0. The van der Waals surface area contributed by atoms with Gasteiger partial charge in [0.1, 0.15) is 5.01 Å². The van der Waals surface area contributed by atoms with Gasteiger partial charge in [-0.25, -0.2) is 4.98 Å². The maximum Gasteiger partial charge on any atom is 0.111 e. The summed E-state index contributed by atoms with van der Waals surface area (Å²) in [5.41, 5.74) is 1.11. The highest BCUT2D eigenvalue weighted by molar-refractivity contribution is 7.18. The first kappa shape index (κ1) is 16.4. The fourth-order valence-electron chi connectivity index (χ4n) is 2.69. The van der Waals surface area contributed by atoms with Crippen LogP contribution in [0.15, 0.2) is 24.3 Å². The Bertz CT molecular complexity index is 521. The number of para-hydroxylation sites is 1. The van der Waals surface area contributed by atoms with Gasteiger partial charge in [0.25, 0.3) is 0 Å². The lowest BCUT2D eigenvalue weighted by atomic mass is 10.2. The molecule has 1 N–H and O–H groups in total. The second-order valence-corrected chi connectivity index (χ2v) is 7.18. The monoisotopic (exact) mass is 305 g/mol. The lowest BCUT2D eigenvalue weighted by Gasteiger charge is -2.30. The first-order valence-electron chi connectivity index (χ1n) is 7.83. The first-order chi connectivity index (χ1) is 9.99. The van der Waals surface area contributed by atoms with Gasteiger partial charge in [-0.15, -0.1) is 11.3 Å². The maximum absolute atomic E-state index is 4.72. The van der Waals surface area contributed by atoms with Gasteiger partial charge in [0.05, 0.1) is 16.3 Å². The molecule has 1 heterocycles. The summed E-state index contributed by atoms with van der Waals surface area (Å²) in [6.45, 7) is 13.3. The lowest BCUT2D eigenvalue weighted by Crippen LogP contribution is -2.41. The minimum atomic E-state index is 0.309. The molecular formula is C17H27N3S. The molecule has 2 aromatic rings. The standard InChI is InChI=1S/C17H27N3S/c1-12(2)20(13(3)4)11-10-18-14(5)17-19-15-8-6-7-9-16(15)21-17/h6-9,12-14,18H,10-11H2,1-5H3. The molecule has 1 unspecified atom stereocenters. The number of nitrogens with one attached hydrogen (secondary N) is 1.